The Morgan fingerprint density at radius 3 is 2.29 bits per heavy atom. The molecule has 1 aromatic heterocycles. The molecule has 0 saturated carbocycles. The number of halogens is 6. The van der Waals surface area contributed by atoms with Crippen molar-refractivity contribution in [3.8, 4) is 11.5 Å². The monoisotopic (exact) mass is 369 g/mol. The third kappa shape index (κ3) is 3.54. The summed E-state index contributed by atoms with van der Waals surface area (Å²) in [7, 11) is 0.961. The van der Waals surface area contributed by atoms with E-state index < -0.39 is 30.0 Å². The Morgan fingerprint density at radius 1 is 1.29 bits per heavy atom. The quantitative estimate of drug-likeness (QED) is 0.604. The van der Waals surface area contributed by atoms with E-state index >= 15 is 0 Å². The zero-order valence-electron chi connectivity index (χ0n) is 8.19. The van der Waals surface area contributed by atoms with Gasteiger partial charge in [0, 0.05) is 6.20 Å². The van der Waals surface area contributed by atoms with Crippen LogP contribution in [0.4, 0.5) is 22.0 Å². The van der Waals surface area contributed by atoms with Crippen LogP contribution in [0.5, 0.6) is 11.5 Å². The fraction of sp³-hybridized carbons (Fsp3) is 0.375. The smallest absolute Gasteiger partial charge is 0.491 e. The molecular weight excluding hydrogens is 364 g/mol. The topological polar surface area (TPSA) is 31.4 Å². The van der Waals surface area contributed by atoms with E-state index in [4.69, 9.17) is 0 Å². The molecule has 1 heterocycles. The molecule has 3 nitrogen and oxygen atoms in total. The molecule has 0 fully saturated rings. The number of pyridine rings is 1. The Balaban J connectivity index is 3.30. The van der Waals surface area contributed by atoms with E-state index in [9.17, 15) is 22.0 Å². The molecule has 0 aliphatic carbocycles. The fourth-order valence-electron chi connectivity index (χ4n) is 1.03. The molecule has 0 radical (unpaired) electrons. The molecule has 0 aliphatic rings. The molecule has 0 saturated heterocycles. The molecular formula is C8H5F5INO2. The summed E-state index contributed by atoms with van der Waals surface area (Å²) < 4.78 is 69.2. The van der Waals surface area contributed by atoms with Crippen molar-refractivity contribution in [2.24, 2.45) is 0 Å². The molecule has 0 spiro atoms. The number of aromatic nitrogens is 1. The van der Waals surface area contributed by atoms with Gasteiger partial charge in [0.15, 0.2) is 17.2 Å². The van der Waals surface area contributed by atoms with E-state index in [-0.39, 0.29) is 3.57 Å². The minimum absolute atomic E-state index is 0.0822. The lowest BCUT2D eigenvalue weighted by molar-refractivity contribution is -0.275. The van der Waals surface area contributed by atoms with Crippen molar-refractivity contribution >= 4 is 22.6 Å². The molecule has 96 valence electrons. The van der Waals surface area contributed by atoms with Crippen LogP contribution in [-0.4, -0.2) is 18.5 Å². The normalized spacial score (nSPS) is 11.8. The van der Waals surface area contributed by atoms with Crippen molar-refractivity contribution in [1.82, 2.24) is 4.98 Å². The maximum absolute atomic E-state index is 12.5. The number of nitrogens with zero attached hydrogens (tertiary/aromatic N) is 1. The summed E-state index contributed by atoms with van der Waals surface area (Å²) in [6.07, 6.45) is -7.20. The predicted molar refractivity (Wildman–Crippen MR) is 55.1 cm³/mol. The minimum Gasteiger partial charge on any atom is -0.491 e. The van der Waals surface area contributed by atoms with Crippen LogP contribution in [0.1, 0.15) is 12.1 Å². The van der Waals surface area contributed by atoms with Crippen molar-refractivity contribution < 1.29 is 31.4 Å². The van der Waals surface area contributed by atoms with Crippen LogP contribution >= 0.6 is 22.6 Å². The Kier molecular flexibility index (Phi) is 4.33. The summed E-state index contributed by atoms with van der Waals surface area (Å²) in [4.78, 5) is 3.31. The van der Waals surface area contributed by atoms with Crippen molar-refractivity contribution in [3.63, 3.8) is 0 Å². The van der Waals surface area contributed by atoms with Gasteiger partial charge in [0.1, 0.15) is 0 Å². The molecule has 0 amide bonds. The number of hydrogen-bond acceptors (Lipinski definition) is 3. The lowest BCUT2D eigenvalue weighted by Crippen LogP contribution is -2.19. The summed E-state index contributed by atoms with van der Waals surface area (Å²) in [6, 6.07) is 0. The summed E-state index contributed by atoms with van der Waals surface area (Å²) in [5.41, 5.74) is -0.896. The van der Waals surface area contributed by atoms with E-state index in [1.54, 1.807) is 0 Å². The van der Waals surface area contributed by atoms with Crippen molar-refractivity contribution in [2.45, 2.75) is 12.8 Å². The first-order chi connectivity index (χ1) is 7.76. The molecule has 1 aromatic rings. The highest BCUT2D eigenvalue weighted by atomic mass is 127. The Labute approximate surface area is 106 Å². The Bertz CT molecular complexity index is 410. The van der Waals surface area contributed by atoms with Crippen LogP contribution in [0.15, 0.2) is 6.20 Å². The molecule has 0 atom stereocenters. The minimum atomic E-state index is -4.99. The average Bonchev–Trinajstić information content (AvgIpc) is 2.18. The molecule has 0 N–H and O–H groups in total. The summed E-state index contributed by atoms with van der Waals surface area (Å²) in [5.74, 6) is -1.53. The second kappa shape index (κ2) is 5.19. The molecule has 0 bridgehead atoms. The molecule has 0 aromatic carbocycles. The van der Waals surface area contributed by atoms with Gasteiger partial charge in [-0.3, -0.25) is 0 Å². The first kappa shape index (κ1) is 14.2. The lowest BCUT2D eigenvalue weighted by atomic mass is 10.3. The van der Waals surface area contributed by atoms with Gasteiger partial charge in [-0.05, 0) is 22.6 Å². The highest BCUT2D eigenvalue weighted by molar-refractivity contribution is 14.1. The van der Waals surface area contributed by atoms with Crippen LogP contribution in [0.2, 0.25) is 0 Å². The van der Waals surface area contributed by atoms with Crippen LogP contribution < -0.4 is 9.47 Å². The van der Waals surface area contributed by atoms with E-state index in [1.165, 1.54) is 22.6 Å². The standard InChI is InChI=1S/C8H5F5INO2/c1-16-6-4(7(9)10)15-2-3(14)5(6)17-8(11,12)13/h2,7H,1H3. The first-order valence-corrected chi connectivity index (χ1v) is 5.10. The van der Waals surface area contributed by atoms with Crippen molar-refractivity contribution in [3.05, 3.63) is 15.5 Å². The zero-order valence-corrected chi connectivity index (χ0v) is 10.3. The second-order valence-electron chi connectivity index (χ2n) is 2.70. The van der Waals surface area contributed by atoms with Gasteiger partial charge >= 0.3 is 6.36 Å². The first-order valence-electron chi connectivity index (χ1n) is 4.02. The Hall–Kier alpha value is -0.870. The molecule has 1 rings (SSSR count). The maximum atomic E-state index is 12.5. The second-order valence-corrected chi connectivity index (χ2v) is 3.86. The number of ether oxygens (including phenoxy) is 2. The average molecular weight is 369 g/mol. The van der Waals surface area contributed by atoms with Crippen molar-refractivity contribution in [2.75, 3.05) is 7.11 Å². The van der Waals surface area contributed by atoms with Gasteiger partial charge in [0.2, 0.25) is 0 Å². The van der Waals surface area contributed by atoms with E-state index in [0.29, 0.717) is 0 Å². The van der Waals surface area contributed by atoms with E-state index in [1.807, 2.05) is 0 Å². The van der Waals surface area contributed by atoms with E-state index in [2.05, 4.69) is 14.5 Å². The van der Waals surface area contributed by atoms with Gasteiger partial charge in [0.05, 0.1) is 10.7 Å². The third-order valence-electron chi connectivity index (χ3n) is 1.60. The van der Waals surface area contributed by atoms with Crippen LogP contribution in [0.25, 0.3) is 0 Å². The molecule has 0 unspecified atom stereocenters. The number of alkyl halides is 5. The lowest BCUT2D eigenvalue weighted by Gasteiger charge is -2.15. The van der Waals surface area contributed by atoms with Gasteiger partial charge in [-0.2, -0.15) is 0 Å². The largest absolute Gasteiger partial charge is 0.573 e. The summed E-state index contributed by atoms with van der Waals surface area (Å²) in [5, 5.41) is 0. The number of rotatable bonds is 3. The SMILES string of the molecule is COc1c(C(F)F)ncc(I)c1OC(F)(F)F. The van der Waals surface area contributed by atoms with Crippen LogP contribution in [0, 0.1) is 3.57 Å². The maximum Gasteiger partial charge on any atom is 0.573 e. The highest BCUT2D eigenvalue weighted by Gasteiger charge is 2.35. The molecule has 17 heavy (non-hydrogen) atoms. The third-order valence-corrected chi connectivity index (χ3v) is 2.37. The summed E-state index contributed by atoms with van der Waals surface area (Å²) >= 11 is 1.48. The van der Waals surface area contributed by atoms with Gasteiger partial charge in [-0.15, -0.1) is 13.2 Å². The van der Waals surface area contributed by atoms with Crippen LogP contribution in [-0.2, 0) is 0 Å². The zero-order chi connectivity index (χ0) is 13.2. The van der Waals surface area contributed by atoms with Gasteiger partial charge < -0.3 is 9.47 Å². The molecule has 0 aliphatic heterocycles. The number of hydrogen-bond donors (Lipinski definition) is 0. The van der Waals surface area contributed by atoms with Gasteiger partial charge in [-0.25, -0.2) is 13.8 Å². The van der Waals surface area contributed by atoms with Gasteiger partial charge in [-0.1, -0.05) is 0 Å². The van der Waals surface area contributed by atoms with Crippen molar-refractivity contribution in [1.29, 1.82) is 0 Å². The van der Waals surface area contributed by atoms with Gasteiger partial charge in [0.25, 0.3) is 6.43 Å². The molecule has 9 heteroatoms. The number of methoxy groups -OCH3 is 1. The fourth-order valence-corrected chi connectivity index (χ4v) is 1.53. The predicted octanol–water partition coefficient (Wildman–Crippen LogP) is 3.53. The van der Waals surface area contributed by atoms with Crippen LogP contribution in [0.3, 0.4) is 0 Å². The highest BCUT2D eigenvalue weighted by Crippen LogP contribution is 2.40. The summed E-state index contributed by atoms with van der Waals surface area (Å²) in [6.45, 7) is 0. The Morgan fingerprint density at radius 2 is 1.88 bits per heavy atom. The van der Waals surface area contributed by atoms with E-state index in [0.717, 1.165) is 13.3 Å².